The summed E-state index contributed by atoms with van der Waals surface area (Å²) in [4.78, 5) is 1.59. The number of aliphatic hydroxyl groups excluding tert-OH is 1. The largest absolute Gasteiger partial charge is 0.399 e. The highest BCUT2D eigenvalue weighted by Crippen LogP contribution is 2.27. The predicted molar refractivity (Wildman–Crippen MR) is 53.1 cm³/mol. The van der Waals surface area contributed by atoms with Crippen molar-refractivity contribution in [2.45, 2.75) is 25.1 Å². The van der Waals surface area contributed by atoms with Gasteiger partial charge in [-0.1, -0.05) is 0 Å². The minimum absolute atomic E-state index is 0.286. The van der Waals surface area contributed by atoms with E-state index >= 15 is 0 Å². The Morgan fingerprint density at radius 3 is 2.31 bits per heavy atom. The predicted octanol–water partition coefficient (Wildman–Crippen LogP) is 0.558. The maximum atomic E-state index is 12.5. The summed E-state index contributed by atoms with van der Waals surface area (Å²) in [5.41, 5.74) is 4.95. The second-order valence-electron chi connectivity index (χ2n) is 4.08. The molecule has 0 amide bonds. The number of aliphatic hydroxyl groups is 1. The lowest BCUT2D eigenvalue weighted by molar-refractivity contribution is -0.160. The Labute approximate surface area is 91.7 Å². The van der Waals surface area contributed by atoms with Gasteiger partial charge < -0.3 is 15.7 Å². The third-order valence-electron chi connectivity index (χ3n) is 2.77. The van der Waals surface area contributed by atoms with E-state index in [1.807, 2.05) is 0 Å². The average Bonchev–Trinajstić information content (AvgIpc) is 2.14. The molecule has 1 aliphatic heterocycles. The van der Waals surface area contributed by atoms with E-state index in [0.717, 1.165) is 0 Å². The van der Waals surface area contributed by atoms with Gasteiger partial charge in [0.1, 0.15) is 11.8 Å². The van der Waals surface area contributed by atoms with Crippen LogP contribution in [0.5, 0.6) is 0 Å². The first-order valence-corrected chi connectivity index (χ1v) is 5.11. The lowest BCUT2D eigenvalue weighted by Gasteiger charge is -2.32. The molecule has 0 aromatic carbocycles. The van der Waals surface area contributed by atoms with Crippen molar-refractivity contribution < 1.29 is 18.3 Å². The lowest BCUT2D eigenvalue weighted by Crippen LogP contribution is -2.46. The molecule has 7 heteroatoms. The summed E-state index contributed by atoms with van der Waals surface area (Å²) < 4.78 is 37.5. The SMILES string of the molecule is N=C(N)C(CN1CCC(O)CC1)C(F)(F)F. The first kappa shape index (κ1) is 13.2. The number of piperidine rings is 1. The molecule has 0 bridgehead atoms. The van der Waals surface area contributed by atoms with Gasteiger partial charge in [0, 0.05) is 19.6 Å². The molecule has 1 saturated heterocycles. The van der Waals surface area contributed by atoms with E-state index < -0.39 is 24.0 Å². The van der Waals surface area contributed by atoms with E-state index in [2.05, 4.69) is 0 Å². The van der Waals surface area contributed by atoms with Crippen molar-refractivity contribution in [1.82, 2.24) is 4.90 Å². The zero-order valence-electron chi connectivity index (χ0n) is 8.80. The fourth-order valence-electron chi connectivity index (χ4n) is 1.74. The Kier molecular flexibility index (Phi) is 4.15. The van der Waals surface area contributed by atoms with Gasteiger partial charge in [-0.15, -0.1) is 0 Å². The molecular weight excluding hydrogens is 223 g/mol. The van der Waals surface area contributed by atoms with Gasteiger partial charge in [0.25, 0.3) is 0 Å². The van der Waals surface area contributed by atoms with E-state index in [4.69, 9.17) is 11.1 Å². The number of amidine groups is 1. The van der Waals surface area contributed by atoms with Crippen LogP contribution < -0.4 is 5.73 Å². The van der Waals surface area contributed by atoms with Gasteiger partial charge in [0.15, 0.2) is 0 Å². The van der Waals surface area contributed by atoms with Gasteiger partial charge in [-0.3, -0.25) is 5.41 Å². The molecule has 1 atom stereocenters. The lowest BCUT2D eigenvalue weighted by atomic mass is 10.0. The number of nitrogens with two attached hydrogens (primary N) is 1. The van der Waals surface area contributed by atoms with Crippen LogP contribution in [-0.2, 0) is 0 Å². The van der Waals surface area contributed by atoms with Crippen LogP contribution >= 0.6 is 0 Å². The zero-order chi connectivity index (χ0) is 12.3. The zero-order valence-corrected chi connectivity index (χ0v) is 8.80. The van der Waals surface area contributed by atoms with E-state index in [1.54, 1.807) is 4.90 Å². The third kappa shape index (κ3) is 3.64. The average molecular weight is 239 g/mol. The Morgan fingerprint density at radius 1 is 1.44 bits per heavy atom. The van der Waals surface area contributed by atoms with Crippen molar-refractivity contribution in [3.8, 4) is 0 Å². The van der Waals surface area contributed by atoms with Crippen molar-refractivity contribution in [3.63, 3.8) is 0 Å². The van der Waals surface area contributed by atoms with Crippen LogP contribution in [0, 0.1) is 11.3 Å². The molecule has 0 aromatic rings. The number of likely N-dealkylation sites (tertiary alicyclic amines) is 1. The number of alkyl halides is 3. The molecule has 1 heterocycles. The summed E-state index contributed by atoms with van der Waals surface area (Å²) in [6.45, 7) is 0.549. The van der Waals surface area contributed by atoms with E-state index in [-0.39, 0.29) is 6.54 Å². The Hall–Kier alpha value is -0.820. The van der Waals surface area contributed by atoms with E-state index in [0.29, 0.717) is 25.9 Å². The minimum Gasteiger partial charge on any atom is -0.393 e. The highest BCUT2D eigenvalue weighted by Gasteiger charge is 2.43. The fraction of sp³-hybridized carbons (Fsp3) is 0.889. The first-order valence-electron chi connectivity index (χ1n) is 5.11. The van der Waals surface area contributed by atoms with Crippen LogP contribution in [0.3, 0.4) is 0 Å². The summed E-state index contributed by atoms with van der Waals surface area (Å²) in [5.74, 6) is -2.75. The number of nitrogens with one attached hydrogen (secondary N) is 1. The molecule has 0 radical (unpaired) electrons. The van der Waals surface area contributed by atoms with Gasteiger partial charge in [-0.2, -0.15) is 13.2 Å². The standard InChI is InChI=1S/C9H16F3N3O/c10-9(11,12)7(8(13)14)5-15-3-1-6(16)2-4-15/h6-7,16H,1-5H2,(H3,13,14). The molecule has 0 spiro atoms. The van der Waals surface area contributed by atoms with E-state index in [9.17, 15) is 18.3 Å². The van der Waals surface area contributed by atoms with Crippen molar-refractivity contribution in [2.75, 3.05) is 19.6 Å². The second kappa shape index (κ2) is 5.01. The highest BCUT2D eigenvalue weighted by molar-refractivity contribution is 5.80. The quantitative estimate of drug-likeness (QED) is 0.497. The molecular formula is C9H16F3N3O. The summed E-state index contributed by atoms with van der Waals surface area (Å²) in [5, 5.41) is 16.2. The van der Waals surface area contributed by atoms with E-state index in [1.165, 1.54) is 0 Å². The van der Waals surface area contributed by atoms with Gasteiger partial charge >= 0.3 is 6.18 Å². The van der Waals surface area contributed by atoms with Crippen molar-refractivity contribution >= 4 is 5.84 Å². The van der Waals surface area contributed by atoms with Crippen molar-refractivity contribution in [2.24, 2.45) is 11.7 Å². The topological polar surface area (TPSA) is 73.3 Å². The molecule has 1 unspecified atom stereocenters. The number of nitrogens with zero attached hydrogens (tertiary/aromatic N) is 1. The number of halogens is 3. The molecule has 16 heavy (non-hydrogen) atoms. The molecule has 0 aliphatic carbocycles. The van der Waals surface area contributed by atoms with Crippen LogP contribution in [0.15, 0.2) is 0 Å². The van der Waals surface area contributed by atoms with Crippen molar-refractivity contribution in [3.05, 3.63) is 0 Å². The van der Waals surface area contributed by atoms with Gasteiger partial charge in [0.05, 0.1) is 6.10 Å². The van der Waals surface area contributed by atoms with Gasteiger partial charge in [-0.25, -0.2) is 0 Å². The van der Waals surface area contributed by atoms with Crippen LogP contribution in [0.2, 0.25) is 0 Å². The summed E-state index contributed by atoms with van der Waals surface area (Å²) >= 11 is 0. The normalized spacial score (nSPS) is 22.0. The van der Waals surface area contributed by atoms with Crippen LogP contribution in [0.25, 0.3) is 0 Å². The third-order valence-corrected chi connectivity index (χ3v) is 2.77. The number of hydrogen-bond acceptors (Lipinski definition) is 3. The monoisotopic (exact) mass is 239 g/mol. The summed E-state index contributed by atoms with van der Waals surface area (Å²) in [6, 6.07) is 0. The maximum absolute atomic E-state index is 12.5. The molecule has 1 fully saturated rings. The van der Waals surface area contributed by atoms with Crippen LogP contribution in [0.4, 0.5) is 13.2 Å². The second-order valence-corrected chi connectivity index (χ2v) is 4.08. The fourth-order valence-corrected chi connectivity index (χ4v) is 1.74. The molecule has 1 aliphatic rings. The minimum atomic E-state index is -4.47. The van der Waals surface area contributed by atoms with Crippen molar-refractivity contribution in [1.29, 1.82) is 5.41 Å². The molecule has 0 saturated carbocycles. The molecule has 1 rings (SSSR count). The van der Waals surface area contributed by atoms with Crippen LogP contribution in [0.1, 0.15) is 12.8 Å². The Bertz CT molecular complexity index is 249. The van der Waals surface area contributed by atoms with Crippen LogP contribution in [-0.4, -0.2) is 47.8 Å². The first-order chi connectivity index (χ1) is 7.30. The molecule has 4 N–H and O–H groups in total. The number of hydrogen-bond donors (Lipinski definition) is 3. The Morgan fingerprint density at radius 2 is 1.94 bits per heavy atom. The van der Waals surface area contributed by atoms with Gasteiger partial charge in [0.2, 0.25) is 0 Å². The Balaban J connectivity index is 2.53. The molecule has 4 nitrogen and oxygen atoms in total. The highest BCUT2D eigenvalue weighted by atomic mass is 19.4. The maximum Gasteiger partial charge on any atom is 0.399 e. The number of rotatable bonds is 3. The summed E-state index contributed by atoms with van der Waals surface area (Å²) in [7, 11) is 0. The van der Waals surface area contributed by atoms with Gasteiger partial charge in [-0.05, 0) is 12.8 Å². The summed E-state index contributed by atoms with van der Waals surface area (Å²) in [6.07, 6.45) is -3.94. The molecule has 0 aromatic heterocycles. The smallest absolute Gasteiger partial charge is 0.393 e. The molecule has 94 valence electrons.